The topological polar surface area (TPSA) is 108 Å². The number of phenols is 1. The minimum atomic E-state index is -1.07. The molecule has 8 heteroatoms. The number of ether oxygens (including phenoxy) is 1. The average Bonchev–Trinajstić information content (AvgIpc) is 3.54. The van der Waals surface area contributed by atoms with Crippen LogP contribution in [0.1, 0.15) is 65.1 Å². The Morgan fingerprint density at radius 3 is 2.19 bits per heavy atom. The van der Waals surface area contributed by atoms with E-state index in [0.29, 0.717) is 5.56 Å². The second-order valence-electron chi connectivity index (χ2n) is 11.1. The van der Waals surface area contributed by atoms with Crippen molar-refractivity contribution in [1.29, 1.82) is 0 Å². The molecular formula is C29H39N3O5. The molecule has 0 saturated heterocycles. The highest BCUT2D eigenvalue weighted by Crippen LogP contribution is 2.42. The quantitative estimate of drug-likeness (QED) is 0.460. The van der Waals surface area contributed by atoms with Gasteiger partial charge in [-0.25, -0.2) is 4.79 Å². The summed E-state index contributed by atoms with van der Waals surface area (Å²) in [4.78, 5) is 42.0. The largest absolute Gasteiger partial charge is 0.508 e. The van der Waals surface area contributed by atoms with E-state index in [9.17, 15) is 19.5 Å². The summed E-state index contributed by atoms with van der Waals surface area (Å²) in [6.45, 7) is 11.2. The molecule has 2 aromatic rings. The number of aromatic hydroxyl groups is 1. The molecule has 0 spiro atoms. The lowest BCUT2D eigenvalue weighted by atomic mass is 9.98. The van der Waals surface area contributed by atoms with Gasteiger partial charge in [-0.2, -0.15) is 0 Å². The molecule has 1 aliphatic rings. The number of nitrogens with zero attached hydrogens (tertiary/aromatic N) is 1. The Balaban J connectivity index is 1.97. The first-order valence-corrected chi connectivity index (χ1v) is 12.8. The van der Waals surface area contributed by atoms with E-state index in [1.807, 2.05) is 51.1 Å². The summed E-state index contributed by atoms with van der Waals surface area (Å²) in [5.74, 6) is -0.965. The molecule has 4 unspecified atom stereocenters. The van der Waals surface area contributed by atoms with Crippen LogP contribution in [0.25, 0.3) is 0 Å². The summed E-state index contributed by atoms with van der Waals surface area (Å²) in [6, 6.07) is 13.8. The van der Waals surface area contributed by atoms with Crippen molar-refractivity contribution in [3.05, 3.63) is 65.7 Å². The summed E-state index contributed by atoms with van der Waals surface area (Å²) in [5, 5.41) is 16.4. The molecule has 2 aromatic carbocycles. The first-order chi connectivity index (χ1) is 17.4. The molecule has 37 heavy (non-hydrogen) atoms. The third-order valence-corrected chi connectivity index (χ3v) is 6.35. The van der Waals surface area contributed by atoms with Crippen molar-refractivity contribution in [3.63, 3.8) is 0 Å². The van der Waals surface area contributed by atoms with Crippen molar-refractivity contribution in [3.8, 4) is 5.75 Å². The number of para-hydroxylation sites is 1. The van der Waals surface area contributed by atoms with Gasteiger partial charge in [0.05, 0.1) is 0 Å². The molecule has 3 amide bonds. The van der Waals surface area contributed by atoms with E-state index in [4.69, 9.17) is 4.74 Å². The number of rotatable bonds is 9. The van der Waals surface area contributed by atoms with Crippen molar-refractivity contribution >= 4 is 17.9 Å². The maximum Gasteiger partial charge on any atom is 0.408 e. The van der Waals surface area contributed by atoms with Gasteiger partial charge in [0.15, 0.2) is 0 Å². The molecule has 3 N–H and O–H groups in total. The highest BCUT2D eigenvalue weighted by Gasteiger charge is 2.49. The van der Waals surface area contributed by atoms with Gasteiger partial charge in [0.25, 0.3) is 0 Å². The fourth-order valence-electron chi connectivity index (χ4n) is 4.30. The van der Waals surface area contributed by atoms with Crippen LogP contribution in [0.3, 0.4) is 0 Å². The SMILES string of the molecule is CC(C)C(NC(=O)OC(C)(C)C)C(=O)N(C(C(=O)NCc1ccccc1)c1ccccc1O)C1CC1C. The molecular weight excluding hydrogens is 470 g/mol. The van der Waals surface area contributed by atoms with Gasteiger partial charge in [-0.3, -0.25) is 9.59 Å². The van der Waals surface area contributed by atoms with E-state index in [-0.39, 0.29) is 30.2 Å². The Hall–Kier alpha value is -3.55. The van der Waals surface area contributed by atoms with Crippen LogP contribution < -0.4 is 10.6 Å². The number of benzene rings is 2. The van der Waals surface area contributed by atoms with E-state index in [1.165, 1.54) is 6.07 Å². The number of carbonyl (C=O) groups excluding carboxylic acids is 3. The van der Waals surface area contributed by atoms with Crippen LogP contribution in [0.15, 0.2) is 54.6 Å². The monoisotopic (exact) mass is 509 g/mol. The van der Waals surface area contributed by atoms with Crippen LogP contribution in [0.2, 0.25) is 0 Å². The van der Waals surface area contributed by atoms with Gasteiger partial charge in [0, 0.05) is 18.2 Å². The molecule has 200 valence electrons. The zero-order chi connectivity index (χ0) is 27.3. The lowest BCUT2D eigenvalue weighted by Gasteiger charge is -2.36. The van der Waals surface area contributed by atoms with Crippen LogP contribution in [0.5, 0.6) is 5.75 Å². The minimum absolute atomic E-state index is 0.0744. The summed E-state index contributed by atoms with van der Waals surface area (Å²) in [7, 11) is 0. The molecule has 3 rings (SSSR count). The van der Waals surface area contributed by atoms with Crippen LogP contribution in [-0.4, -0.2) is 45.6 Å². The number of hydrogen-bond donors (Lipinski definition) is 3. The van der Waals surface area contributed by atoms with E-state index in [1.54, 1.807) is 43.9 Å². The molecule has 0 radical (unpaired) electrons. The summed E-state index contributed by atoms with van der Waals surface area (Å²) < 4.78 is 5.40. The lowest BCUT2D eigenvalue weighted by molar-refractivity contribution is -0.144. The van der Waals surface area contributed by atoms with Crippen molar-refractivity contribution in [2.45, 2.75) is 78.2 Å². The number of amides is 3. The molecule has 0 bridgehead atoms. The third-order valence-electron chi connectivity index (χ3n) is 6.35. The summed E-state index contributed by atoms with van der Waals surface area (Å²) >= 11 is 0. The van der Waals surface area contributed by atoms with Gasteiger partial charge in [-0.15, -0.1) is 0 Å². The normalized spacial score (nSPS) is 18.5. The Morgan fingerprint density at radius 2 is 1.65 bits per heavy atom. The second-order valence-corrected chi connectivity index (χ2v) is 11.1. The van der Waals surface area contributed by atoms with E-state index >= 15 is 0 Å². The maximum atomic E-state index is 14.1. The van der Waals surface area contributed by atoms with Gasteiger partial charge in [0.1, 0.15) is 23.4 Å². The number of hydrogen-bond acceptors (Lipinski definition) is 5. The maximum absolute atomic E-state index is 14.1. The lowest BCUT2D eigenvalue weighted by Crippen LogP contribution is -2.55. The highest BCUT2D eigenvalue weighted by atomic mass is 16.6. The van der Waals surface area contributed by atoms with Gasteiger partial charge < -0.3 is 25.4 Å². The molecule has 4 atom stereocenters. The van der Waals surface area contributed by atoms with Gasteiger partial charge in [-0.1, -0.05) is 69.3 Å². The Morgan fingerprint density at radius 1 is 1.05 bits per heavy atom. The third kappa shape index (κ3) is 7.47. The number of phenolic OH excluding ortho intramolecular Hbond substituents is 1. The molecule has 1 saturated carbocycles. The van der Waals surface area contributed by atoms with Crippen molar-refractivity contribution < 1.29 is 24.2 Å². The fourth-order valence-corrected chi connectivity index (χ4v) is 4.30. The smallest absolute Gasteiger partial charge is 0.408 e. The Bertz CT molecular complexity index is 1100. The highest BCUT2D eigenvalue weighted by molar-refractivity contribution is 5.93. The molecule has 0 aliphatic heterocycles. The van der Waals surface area contributed by atoms with Crippen LogP contribution in [-0.2, 0) is 20.9 Å². The van der Waals surface area contributed by atoms with Crippen molar-refractivity contribution in [2.24, 2.45) is 11.8 Å². The Labute approximate surface area is 219 Å². The van der Waals surface area contributed by atoms with Crippen molar-refractivity contribution in [2.75, 3.05) is 0 Å². The molecule has 8 nitrogen and oxygen atoms in total. The summed E-state index contributed by atoms with van der Waals surface area (Å²) in [6.07, 6.45) is 0.0231. The van der Waals surface area contributed by atoms with Gasteiger partial charge in [0.2, 0.25) is 11.8 Å². The Kier molecular flexibility index (Phi) is 8.84. The first-order valence-electron chi connectivity index (χ1n) is 12.8. The zero-order valence-electron chi connectivity index (χ0n) is 22.5. The van der Waals surface area contributed by atoms with Crippen LogP contribution >= 0.6 is 0 Å². The minimum Gasteiger partial charge on any atom is -0.508 e. The molecule has 1 aliphatic carbocycles. The number of carbonyl (C=O) groups is 3. The van der Waals surface area contributed by atoms with Crippen LogP contribution in [0, 0.1) is 11.8 Å². The molecule has 1 fully saturated rings. The second kappa shape index (κ2) is 11.7. The van der Waals surface area contributed by atoms with Crippen LogP contribution in [0.4, 0.5) is 4.79 Å². The standard InChI is InChI=1S/C29H39N3O5/c1-18(2)24(31-28(36)37-29(4,5)6)27(35)32(22-16-19(22)3)25(21-14-10-11-15-23(21)33)26(34)30-17-20-12-8-7-9-13-20/h7-15,18-19,22,24-25,33H,16-17H2,1-6H3,(H,30,34)(H,31,36). The predicted octanol–water partition coefficient (Wildman–Crippen LogP) is 4.54. The fraction of sp³-hybridized carbons (Fsp3) is 0.483. The zero-order valence-corrected chi connectivity index (χ0v) is 22.5. The van der Waals surface area contributed by atoms with E-state index in [2.05, 4.69) is 10.6 Å². The average molecular weight is 510 g/mol. The number of alkyl carbamates (subject to hydrolysis) is 1. The molecule has 0 aromatic heterocycles. The molecule has 0 heterocycles. The van der Waals surface area contributed by atoms with E-state index < -0.39 is 35.6 Å². The van der Waals surface area contributed by atoms with Crippen molar-refractivity contribution in [1.82, 2.24) is 15.5 Å². The summed E-state index contributed by atoms with van der Waals surface area (Å²) in [5.41, 5.74) is 0.520. The van der Waals surface area contributed by atoms with E-state index in [0.717, 1.165) is 12.0 Å². The number of nitrogens with one attached hydrogen (secondary N) is 2. The first kappa shape index (κ1) is 28.0. The predicted molar refractivity (Wildman–Crippen MR) is 142 cm³/mol. The van der Waals surface area contributed by atoms with Gasteiger partial charge >= 0.3 is 6.09 Å². The van der Waals surface area contributed by atoms with Gasteiger partial charge in [-0.05, 0) is 50.7 Å².